The van der Waals surface area contributed by atoms with Gasteiger partial charge in [-0.3, -0.25) is 4.79 Å². The van der Waals surface area contributed by atoms with Crippen molar-refractivity contribution in [2.75, 3.05) is 0 Å². The second-order valence-electron chi connectivity index (χ2n) is 6.28. The molecule has 0 amide bonds. The third kappa shape index (κ3) is 2.65. The van der Waals surface area contributed by atoms with E-state index in [0.717, 1.165) is 24.2 Å². The molecular weight excluding hydrogens is 198 g/mol. The van der Waals surface area contributed by atoms with Crippen molar-refractivity contribution in [1.82, 2.24) is 0 Å². The van der Waals surface area contributed by atoms with E-state index in [0.29, 0.717) is 0 Å². The summed E-state index contributed by atoms with van der Waals surface area (Å²) in [5.41, 5.74) is 6.01. The summed E-state index contributed by atoms with van der Waals surface area (Å²) < 4.78 is 0. The summed E-state index contributed by atoms with van der Waals surface area (Å²) in [5.74, 6) is 2.97. The van der Waals surface area contributed by atoms with Crippen LogP contribution in [0.3, 0.4) is 0 Å². The van der Waals surface area contributed by atoms with Crippen LogP contribution < -0.4 is 5.73 Å². The number of carbonyl (C=O) groups excluding carboxylic acids is 1. The summed E-state index contributed by atoms with van der Waals surface area (Å²) in [6.45, 7) is 3.90. The largest absolute Gasteiger partial charge is 0.321 e. The van der Waals surface area contributed by atoms with Crippen LogP contribution in [-0.4, -0.2) is 11.8 Å². The van der Waals surface area contributed by atoms with Crippen LogP contribution >= 0.6 is 0 Å². The van der Waals surface area contributed by atoms with Gasteiger partial charge in [0, 0.05) is 5.92 Å². The van der Waals surface area contributed by atoms with Crippen LogP contribution in [0.4, 0.5) is 0 Å². The summed E-state index contributed by atoms with van der Waals surface area (Å²) in [4.78, 5) is 11.8. The van der Waals surface area contributed by atoms with Crippen LogP contribution in [-0.2, 0) is 4.79 Å². The predicted molar refractivity (Wildman–Crippen MR) is 66.0 cm³/mol. The fourth-order valence-electron chi connectivity index (χ4n) is 3.74. The van der Waals surface area contributed by atoms with Crippen molar-refractivity contribution in [1.29, 1.82) is 0 Å². The molecule has 3 atom stereocenters. The normalized spacial score (nSPS) is 35.4. The lowest BCUT2D eigenvalue weighted by molar-refractivity contribution is -0.123. The highest BCUT2D eigenvalue weighted by Crippen LogP contribution is 2.45. The molecule has 0 saturated heterocycles. The summed E-state index contributed by atoms with van der Waals surface area (Å²) >= 11 is 0. The van der Waals surface area contributed by atoms with Gasteiger partial charge in [0.1, 0.15) is 0 Å². The van der Waals surface area contributed by atoms with Gasteiger partial charge in [0.25, 0.3) is 0 Å². The van der Waals surface area contributed by atoms with Crippen LogP contribution in [0.5, 0.6) is 0 Å². The SMILES string of the molecule is CC(C)C(=O)C(N)CC1CC2CCC(C2)C1. The molecule has 2 bridgehead atoms. The van der Waals surface area contributed by atoms with Crippen LogP contribution in [0.2, 0.25) is 0 Å². The molecule has 2 saturated carbocycles. The van der Waals surface area contributed by atoms with Gasteiger partial charge in [0.15, 0.2) is 5.78 Å². The average Bonchev–Trinajstić information content (AvgIpc) is 2.56. The molecule has 92 valence electrons. The maximum Gasteiger partial charge on any atom is 0.152 e. The number of Topliss-reactive ketones (excluding diaryl/α,β-unsaturated/α-hetero) is 1. The number of nitrogens with two attached hydrogens (primary N) is 1. The van der Waals surface area contributed by atoms with Crippen LogP contribution in [0, 0.1) is 23.7 Å². The highest BCUT2D eigenvalue weighted by Gasteiger charge is 2.35. The first-order valence-electron chi connectivity index (χ1n) is 6.85. The van der Waals surface area contributed by atoms with E-state index in [-0.39, 0.29) is 17.7 Å². The summed E-state index contributed by atoms with van der Waals surface area (Å²) in [5, 5.41) is 0. The molecule has 2 rings (SSSR count). The number of rotatable bonds is 4. The topological polar surface area (TPSA) is 43.1 Å². The number of ketones is 1. The minimum absolute atomic E-state index is 0.0929. The van der Waals surface area contributed by atoms with Gasteiger partial charge < -0.3 is 5.73 Å². The van der Waals surface area contributed by atoms with E-state index >= 15 is 0 Å². The van der Waals surface area contributed by atoms with E-state index in [2.05, 4.69) is 0 Å². The zero-order valence-corrected chi connectivity index (χ0v) is 10.6. The summed E-state index contributed by atoms with van der Waals surface area (Å²) in [6.07, 6.45) is 7.89. The van der Waals surface area contributed by atoms with Crippen molar-refractivity contribution in [3.63, 3.8) is 0 Å². The lowest BCUT2D eigenvalue weighted by Crippen LogP contribution is -2.36. The van der Waals surface area contributed by atoms with Gasteiger partial charge in [-0.15, -0.1) is 0 Å². The highest BCUT2D eigenvalue weighted by molar-refractivity contribution is 5.85. The molecule has 0 radical (unpaired) electrons. The predicted octanol–water partition coefficient (Wildman–Crippen LogP) is 2.76. The number of fused-ring (bicyclic) bond motifs is 2. The molecular formula is C14H25NO. The molecule has 2 nitrogen and oxygen atoms in total. The molecule has 0 aromatic rings. The van der Waals surface area contributed by atoms with Crippen molar-refractivity contribution in [2.24, 2.45) is 29.4 Å². The standard InChI is InChI=1S/C14H25NO/c1-9(2)14(16)13(15)8-12-6-10-3-4-11(5-10)7-12/h9-13H,3-8,15H2,1-2H3. The quantitative estimate of drug-likeness (QED) is 0.796. The molecule has 0 spiro atoms. The zero-order chi connectivity index (χ0) is 11.7. The Kier molecular flexibility index (Phi) is 3.68. The van der Waals surface area contributed by atoms with E-state index in [1.807, 2.05) is 13.8 Å². The van der Waals surface area contributed by atoms with Gasteiger partial charge in [-0.2, -0.15) is 0 Å². The third-order valence-corrected chi connectivity index (χ3v) is 4.50. The van der Waals surface area contributed by atoms with Crippen molar-refractivity contribution >= 4 is 5.78 Å². The lowest BCUT2D eigenvalue weighted by Gasteiger charge is -2.29. The van der Waals surface area contributed by atoms with Gasteiger partial charge in [0.2, 0.25) is 0 Å². The fourth-order valence-corrected chi connectivity index (χ4v) is 3.74. The lowest BCUT2D eigenvalue weighted by atomic mass is 9.77. The van der Waals surface area contributed by atoms with E-state index < -0.39 is 0 Å². The van der Waals surface area contributed by atoms with E-state index in [1.165, 1.54) is 32.1 Å². The van der Waals surface area contributed by atoms with Gasteiger partial charge in [-0.05, 0) is 43.4 Å². The van der Waals surface area contributed by atoms with E-state index in [1.54, 1.807) is 0 Å². The van der Waals surface area contributed by atoms with E-state index in [9.17, 15) is 4.79 Å². The Labute approximate surface area is 99.0 Å². The van der Waals surface area contributed by atoms with Crippen LogP contribution in [0.1, 0.15) is 52.4 Å². The van der Waals surface area contributed by atoms with Crippen molar-refractivity contribution in [3.05, 3.63) is 0 Å². The maximum absolute atomic E-state index is 11.8. The molecule has 2 N–H and O–H groups in total. The summed E-state index contributed by atoms with van der Waals surface area (Å²) in [7, 11) is 0. The molecule has 0 aromatic carbocycles. The van der Waals surface area contributed by atoms with Crippen molar-refractivity contribution in [3.8, 4) is 0 Å². The second kappa shape index (κ2) is 4.87. The highest BCUT2D eigenvalue weighted by atomic mass is 16.1. The first kappa shape index (κ1) is 12.1. The third-order valence-electron chi connectivity index (χ3n) is 4.50. The monoisotopic (exact) mass is 223 g/mol. The molecule has 0 heterocycles. The van der Waals surface area contributed by atoms with Gasteiger partial charge in [-0.25, -0.2) is 0 Å². The molecule has 2 fully saturated rings. The summed E-state index contributed by atoms with van der Waals surface area (Å²) in [6, 6.07) is -0.206. The Morgan fingerprint density at radius 2 is 1.75 bits per heavy atom. The Hall–Kier alpha value is -0.370. The molecule has 3 unspecified atom stereocenters. The maximum atomic E-state index is 11.8. The molecule has 0 aliphatic heterocycles. The molecule has 2 heteroatoms. The van der Waals surface area contributed by atoms with Crippen LogP contribution in [0.25, 0.3) is 0 Å². The molecule has 0 aromatic heterocycles. The first-order valence-corrected chi connectivity index (χ1v) is 6.85. The Balaban J connectivity index is 1.83. The van der Waals surface area contributed by atoms with Gasteiger partial charge in [-0.1, -0.05) is 26.7 Å². The van der Waals surface area contributed by atoms with Gasteiger partial charge >= 0.3 is 0 Å². The minimum Gasteiger partial charge on any atom is -0.321 e. The van der Waals surface area contributed by atoms with Crippen molar-refractivity contribution in [2.45, 2.75) is 58.4 Å². The van der Waals surface area contributed by atoms with E-state index in [4.69, 9.17) is 5.73 Å². The Morgan fingerprint density at radius 1 is 1.19 bits per heavy atom. The Morgan fingerprint density at radius 3 is 2.25 bits per heavy atom. The van der Waals surface area contributed by atoms with Crippen LogP contribution in [0.15, 0.2) is 0 Å². The van der Waals surface area contributed by atoms with Crippen molar-refractivity contribution < 1.29 is 4.79 Å². The number of hydrogen-bond donors (Lipinski definition) is 1. The zero-order valence-electron chi connectivity index (χ0n) is 10.6. The fraction of sp³-hybridized carbons (Fsp3) is 0.929. The first-order chi connectivity index (χ1) is 7.56. The molecule has 2 aliphatic carbocycles. The number of carbonyl (C=O) groups is 1. The second-order valence-corrected chi connectivity index (χ2v) is 6.28. The average molecular weight is 223 g/mol. The molecule has 16 heavy (non-hydrogen) atoms. The number of hydrogen-bond acceptors (Lipinski definition) is 2. The smallest absolute Gasteiger partial charge is 0.152 e. The Bertz CT molecular complexity index is 249. The molecule has 2 aliphatic rings. The van der Waals surface area contributed by atoms with Gasteiger partial charge in [0.05, 0.1) is 6.04 Å². The minimum atomic E-state index is -0.206.